The van der Waals surface area contributed by atoms with E-state index >= 15 is 0 Å². The van der Waals surface area contributed by atoms with Crippen molar-refractivity contribution < 1.29 is 28.2 Å². The molecule has 1 atom stereocenters. The van der Waals surface area contributed by atoms with Gasteiger partial charge in [-0.15, -0.1) is 11.8 Å². The second-order valence-electron chi connectivity index (χ2n) is 5.77. The summed E-state index contributed by atoms with van der Waals surface area (Å²) in [6, 6.07) is 8.78. The van der Waals surface area contributed by atoms with Gasteiger partial charge in [-0.05, 0) is 31.0 Å². The Morgan fingerprint density at radius 2 is 2.04 bits per heavy atom. The molecule has 0 spiro atoms. The number of esters is 2. The third kappa shape index (κ3) is 4.47. The summed E-state index contributed by atoms with van der Waals surface area (Å²) in [5.41, 5.74) is 0.739. The number of carbonyl (C=O) groups excluding carboxylic acids is 2. The van der Waals surface area contributed by atoms with Crippen LogP contribution >= 0.6 is 11.8 Å². The maximum atomic E-state index is 12.5. The van der Waals surface area contributed by atoms with Crippen LogP contribution in [-0.4, -0.2) is 37.5 Å². The second kappa shape index (κ2) is 8.91. The van der Waals surface area contributed by atoms with Crippen LogP contribution in [0.5, 0.6) is 0 Å². The van der Waals surface area contributed by atoms with Gasteiger partial charge in [0.2, 0.25) is 0 Å². The lowest BCUT2D eigenvalue weighted by atomic mass is 10.2. The molecule has 138 valence electrons. The van der Waals surface area contributed by atoms with Crippen molar-refractivity contribution in [3.63, 3.8) is 0 Å². The van der Waals surface area contributed by atoms with E-state index in [1.807, 2.05) is 12.1 Å². The SMILES string of the molecule is COC(=O)c1ccoc1COC(=O)c1ccccc1SCC1CCCO1. The first-order valence-corrected chi connectivity index (χ1v) is 9.33. The Balaban J connectivity index is 1.63. The quantitative estimate of drug-likeness (QED) is 0.539. The Kier molecular flexibility index (Phi) is 6.35. The first kappa shape index (κ1) is 18.5. The molecule has 0 aliphatic carbocycles. The number of benzene rings is 1. The van der Waals surface area contributed by atoms with Gasteiger partial charge >= 0.3 is 11.9 Å². The third-order valence-corrected chi connectivity index (χ3v) is 5.25. The highest BCUT2D eigenvalue weighted by atomic mass is 32.2. The first-order valence-electron chi connectivity index (χ1n) is 8.34. The molecular weight excluding hydrogens is 356 g/mol. The highest BCUT2D eigenvalue weighted by Crippen LogP contribution is 2.27. The fourth-order valence-electron chi connectivity index (χ4n) is 2.67. The molecule has 0 radical (unpaired) electrons. The molecule has 26 heavy (non-hydrogen) atoms. The van der Waals surface area contributed by atoms with Crippen molar-refractivity contribution in [3.8, 4) is 0 Å². The molecule has 0 N–H and O–H groups in total. The highest BCUT2D eigenvalue weighted by molar-refractivity contribution is 7.99. The molecule has 0 bridgehead atoms. The van der Waals surface area contributed by atoms with Crippen molar-refractivity contribution in [1.29, 1.82) is 0 Å². The Hall–Kier alpha value is -2.25. The van der Waals surface area contributed by atoms with E-state index in [2.05, 4.69) is 4.74 Å². The van der Waals surface area contributed by atoms with Crippen molar-refractivity contribution in [2.45, 2.75) is 30.4 Å². The number of methoxy groups -OCH3 is 1. The van der Waals surface area contributed by atoms with Crippen molar-refractivity contribution in [2.24, 2.45) is 0 Å². The molecule has 0 amide bonds. The zero-order chi connectivity index (χ0) is 18.4. The largest absolute Gasteiger partial charge is 0.465 e. The van der Waals surface area contributed by atoms with Gasteiger partial charge in [-0.1, -0.05) is 12.1 Å². The van der Waals surface area contributed by atoms with Crippen LogP contribution in [0, 0.1) is 0 Å². The average Bonchev–Trinajstić information content (AvgIpc) is 3.35. The van der Waals surface area contributed by atoms with Gasteiger partial charge in [0, 0.05) is 17.3 Å². The lowest BCUT2D eigenvalue weighted by Crippen LogP contribution is -2.11. The number of hydrogen-bond acceptors (Lipinski definition) is 7. The molecule has 1 fully saturated rings. The van der Waals surface area contributed by atoms with Gasteiger partial charge in [-0.2, -0.15) is 0 Å². The molecule has 7 heteroatoms. The summed E-state index contributed by atoms with van der Waals surface area (Å²) in [5.74, 6) is 0.0641. The van der Waals surface area contributed by atoms with Gasteiger partial charge in [0.25, 0.3) is 0 Å². The molecule has 6 nitrogen and oxygen atoms in total. The van der Waals surface area contributed by atoms with E-state index < -0.39 is 11.9 Å². The van der Waals surface area contributed by atoms with Crippen molar-refractivity contribution in [2.75, 3.05) is 19.5 Å². The fraction of sp³-hybridized carbons (Fsp3) is 0.368. The topological polar surface area (TPSA) is 75.0 Å². The lowest BCUT2D eigenvalue weighted by Gasteiger charge is -2.12. The molecule has 3 rings (SSSR count). The monoisotopic (exact) mass is 376 g/mol. The summed E-state index contributed by atoms with van der Waals surface area (Å²) < 4.78 is 20.9. The lowest BCUT2D eigenvalue weighted by molar-refractivity contribution is 0.0428. The zero-order valence-corrected chi connectivity index (χ0v) is 15.3. The highest BCUT2D eigenvalue weighted by Gasteiger charge is 2.20. The number of rotatable bonds is 7. The second-order valence-corrected chi connectivity index (χ2v) is 6.83. The Morgan fingerprint density at radius 1 is 1.19 bits per heavy atom. The van der Waals surface area contributed by atoms with Crippen LogP contribution in [0.25, 0.3) is 0 Å². The number of carbonyl (C=O) groups is 2. The van der Waals surface area contributed by atoms with E-state index in [-0.39, 0.29) is 24.0 Å². The number of furan rings is 1. The van der Waals surface area contributed by atoms with E-state index in [0.717, 1.165) is 30.1 Å². The summed E-state index contributed by atoms with van der Waals surface area (Å²) in [7, 11) is 1.28. The van der Waals surface area contributed by atoms with Gasteiger partial charge in [0.15, 0.2) is 12.4 Å². The number of thioether (sulfide) groups is 1. The summed E-state index contributed by atoms with van der Waals surface area (Å²) in [6.45, 7) is 0.668. The van der Waals surface area contributed by atoms with Crippen LogP contribution in [0.15, 0.2) is 45.9 Å². The Bertz CT molecular complexity index is 763. The summed E-state index contributed by atoms with van der Waals surface area (Å²) in [6.07, 6.45) is 3.73. The molecule has 1 aromatic carbocycles. The van der Waals surface area contributed by atoms with E-state index in [1.165, 1.54) is 19.4 Å². The van der Waals surface area contributed by atoms with Gasteiger partial charge in [-0.3, -0.25) is 0 Å². The summed E-state index contributed by atoms with van der Waals surface area (Å²) >= 11 is 1.58. The third-order valence-electron chi connectivity index (χ3n) is 4.04. The zero-order valence-electron chi connectivity index (χ0n) is 14.4. The van der Waals surface area contributed by atoms with E-state index in [4.69, 9.17) is 13.9 Å². The van der Waals surface area contributed by atoms with E-state index in [0.29, 0.717) is 5.56 Å². The minimum atomic E-state index is -0.530. The molecule has 1 aliphatic heterocycles. The first-order chi connectivity index (χ1) is 12.7. The van der Waals surface area contributed by atoms with Gasteiger partial charge in [0.1, 0.15) is 5.56 Å². The van der Waals surface area contributed by atoms with Crippen LogP contribution in [0.4, 0.5) is 0 Å². The molecule has 2 aromatic rings. The molecule has 1 aromatic heterocycles. The summed E-state index contributed by atoms with van der Waals surface area (Å²) in [4.78, 5) is 25.0. The molecule has 1 saturated heterocycles. The maximum Gasteiger partial charge on any atom is 0.341 e. The van der Waals surface area contributed by atoms with Crippen molar-refractivity contribution in [3.05, 3.63) is 53.5 Å². The maximum absolute atomic E-state index is 12.5. The predicted molar refractivity (Wildman–Crippen MR) is 95.3 cm³/mol. The smallest absolute Gasteiger partial charge is 0.341 e. The molecule has 0 saturated carbocycles. The molecule has 1 unspecified atom stereocenters. The minimum absolute atomic E-state index is 0.138. The van der Waals surface area contributed by atoms with Gasteiger partial charge in [0.05, 0.1) is 25.0 Å². The molecular formula is C19H20O6S. The van der Waals surface area contributed by atoms with E-state index in [9.17, 15) is 9.59 Å². The summed E-state index contributed by atoms with van der Waals surface area (Å²) in [5, 5.41) is 0. The van der Waals surface area contributed by atoms with Crippen molar-refractivity contribution >= 4 is 23.7 Å². The van der Waals surface area contributed by atoms with E-state index in [1.54, 1.807) is 23.9 Å². The normalized spacial score (nSPS) is 16.4. The van der Waals surface area contributed by atoms with Crippen LogP contribution < -0.4 is 0 Å². The van der Waals surface area contributed by atoms with Crippen LogP contribution in [0.3, 0.4) is 0 Å². The van der Waals surface area contributed by atoms with Gasteiger partial charge in [-0.25, -0.2) is 9.59 Å². The number of hydrogen-bond donors (Lipinski definition) is 0. The molecule has 2 heterocycles. The van der Waals surface area contributed by atoms with Crippen molar-refractivity contribution in [1.82, 2.24) is 0 Å². The molecule has 1 aliphatic rings. The Morgan fingerprint density at radius 3 is 2.81 bits per heavy atom. The minimum Gasteiger partial charge on any atom is -0.465 e. The fourth-order valence-corrected chi connectivity index (χ4v) is 3.78. The average molecular weight is 376 g/mol. The predicted octanol–water partition coefficient (Wildman–Crippen LogP) is 3.69. The van der Waals surface area contributed by atoms with Crippen LogP contribution in [0.1, 0.15) is 39.3 Å². The van der Waals surface area contributed by atoms with Crippen LogP contribution in [0.2, 0.25) is 0 Å². The van der Waals surface area contributed by atoms with Crippen LogP contribution in [-0.2, 0) is 20.8 Å². The Labute approximate surface area is 155 Å². The van der Waals surface area contributed by atoms with Gasteiger partial charge < -0.3 is 18.6 Å². The standard InChI is InChI=1S/C19H20O6S/c1-22-18(20)14-8-10-24-16(14)11-25-19(21)15-6-2-3-7-17(15)26-12-13-5-4-9-23-13/h2-3,6-8,10,13H,4-5,9,11-12H2,1H3. The number of ether oxygens (including phenoxy) is 3.